The highest BCUT2D eigenvalue weighted by molar-refractivity contribution is 6.31. The minimum absolute atomic E-state index is 0.305. The van der Waals surface area contributed by atoms with Crippen LogP contribution in [-0.4, -0.2) is 60.8 Å². The number of ether oxygens (including phenoxy) is 1. The Hall–Kier alpha value is -4.11. The number of nitrogens with zero attached hydrogens (tertiary/aromatic N) is 2. The van der Waals surface area contributed by atoms with E-state index in [0.717, 1.165) is 20.6 Å². The topological polar surface area (TPSA) is 108 Å². The third-order valence-electron chi connectivity index (χ3n) is 6.14. The van der Waals surface area contributed by atoms with Crippen LogP contribution >= 0.6 is 11.6 Å². The molecule has 3 aromatic carbocycles. The molecule has 0 spiro atoms. The van der Waals surface area contributed by atoms with E-state index in [0.29, 0.717) is 22.0 Å². The van der Waals surface area contributed by atoms with Gasteiger partial charge in [0.2, 0.25) is 11.8 Å². The molecule has 1 fully saturated rings. The Balaban J connectivity index is 1.42. The minimum atomic E-state index is -1.32. The standard InChI is InChI=1S/C26H25ClN4O5/c1-26(18-9-8-16-6-4-5-7-17(16)12-18)24(34)31(25(35)29-26)15-23(33)30(2)14-22(32)28-20-13-19(27)10-11-21(20)36-3/h4-13H,14-15H2,1-3H3,(H,28,32)(H,29,35)/t26-/m0/s1. The molecule has 1 heterocycles. The quantitative estimate of drug-likeness (QED) is 0.476. The summed E-state index contributed by atoms with van der Waals surface area (Å²) in [4.78, 5) is 53.3. The Morgan fingerprint density at radius 1 is 1.08 bits per heavy atom. The summed E-state index contributed by atoms with van der Waals surface area (Å²) in [5.74, 6) is -1.20. The molecule has 1 saturated heterocycles. The van der Waals surface area contributed by atoms with Gasteiger partial charge >= 0.3 is 6.03 Å². The second-order valence-electron chi connectivity index (χ2n) is 8.65. The van der Waals surface area contributed by atoms with Gasteiger partial charge in [-0.2, -0.15) is 0 Å². The van der Waals surface area contributed by atoms with E-state index in [1.807, 2.05) is 36.4 Å². The first-order valence-electron chi connectivity index (χ1n) is 11.1. The second kappa shape index (κ2) is 9.87. The summed E-state index contributed by atoms with van der Waals surface area (Å²) < 4.78 is 5.20. The number of halogens is 1. The molecule has 0 bridgehead atoms. The van der Waals surface area contributed by atoms with E-state index in [9.17, 15) is 19.2 Å². The molecule has 2 N–H and O–H groups in total. The highest BCUT2D eigenvalue weighted by Crippen LogP contribution is 2.31. The van der Waals surface area contributed by atoms with Crippen molar-refractivity contribution in [3.05, 3.63) is 71.2 Å². The molecule has 10 heteroatoms. The molecule has 0 saturated carbocycles. The van der Waals surface area contributed by atoms with Crippen molar-refractivity contribution in [3.8, 4) is 5.75 Å². The van der Waals surface area contributed by atoms with Gasteiger partial charge in [-0.25, -0.2) is 4.79 Å². The molecule has 9 nitrogen and oxygen atoms in total. The molecule has 0 aliphatic carbocycles. The van der Waals surface area contributed by atoms with Crippen molar-refractivity contribution in [2.75, 3.05) is 32.6 Å². The van der Waals surface area contributed by atoms with E-state index in [1.54, 1.807) is 25.1 Å². The van der Waals surface area contributed by atoms with Gasteiger partial charge in [-0.3, -0.25) is 19.3 Å². The predicted octanol–water partition coefficient (Wildman–Crippen LogP) is 3.37. The zero-order chi connectivity index (χ0) is 26.0. The number of carbonyl (C=O) groups excluding carboxylic acids is 4. The van der Waals surface area contributed by atoms with Gasteiger partial charge in [-0.05, 0) is 47.5 Å². The summed E-state index contributed by atoms with van der Waals surface area (Å²) in [6.07, 6.45) is 0. The lowest BCUT2D eigenvalue weighted by Crippen LogP contribution is -2.45. The van der Waals surface area contributed by atoms with Crippen LogP contribution in [0.15, 0.2) is 60.7 Å². The van der Waals surface area contributed by atoms with Crippen molar-refractivity contribution in [3.63, 3.8) is 0 Å². The first-order chi connectivity index (χ1) is 17.1. The third-order valence-corrected chi connectivity index (χ3v) is 6.37. The molecule has 1 atom stereocenters. The van der Waals surface area contributed by atoms with E-state index in [4.69, 9.17) is 16.3 Å². The van der Waals surface area contributed by atoms with Gasteiger partial charge in [0.1, 0.15) is 17.8 Å². The Kier molecular flexibility index (Phi) is 6.85. The number of likely N-dealkylation sites (N-methyl/N-ethyl adjacent to an activating group) is 1. The number of nitrogens with one attached hydrogen (secondary N) is 2. The summed E-state index contributed by atoms with van der Waals surface area (Å²) in [6, 6.07) is 17.3. The first-order valence-corrected chi connectivity index (χ1v) is 11.5. The molecular formula is C26H25ClN4O5. The SMILES string of the molecule is COc1ccc(Cl)cc1NC(=O)CN(C)C(=O)CN1C(=O)N[C@@](C)(c2ccc3ccccc3c2)C1=O. The summed E-state index contributed by atoms with van der Waals surface area (Å²) in [6.45, 7) is 0.801. The van der Waals surface area contributed by atoms with Crippen molar-refractivity contribution >= 4 is 51.8 Å². The zero-order valence-corrected chi connectivity index (χ0v) is 20.8. The summed E-state index contributed by atoms with van der Waals surface area (Å²) >= 11 is 5.99. The van der Waals surface area contributed by atoms with Crippen LogP contribution in [0.25, 0.3) is 10.8 Å². The number of benzene rings is 3. The van der Waals surface area contributed by atoms with E-state index in [1.165, 1.54) is 20.2 Å². The lowest BCUT2D eigenvalue weighted by atomic mass is 9.90. The molecule has 0 aromatic heterocycles. The van der Waals surface area contributed by atoms with Crippen LogP contribution in [0.4, 0.5) is 10.5 Å². The molecule has 36 heavy (non-hydrogen) atoms. The van der Waals surface area contributed by atoms with Crippen molar-refractivity contribution in [2.45, 2.75) is 12.5 Å². The van der Waals surface area contributed by atoms with E-state index < -0.39 is 35.8 Å². The Labute approximate surface area is 212 Å². The van der Waals surface area contributed by atoms with Crippen LogP contribution in [0.1, 0.15) is 12.5 Å². The molecule has 186 valence electrons. The van der Waals surface area contributed by atoms with Crippen LogP contribution < -0.4 is 15.4 Å². The number of hydrogen-bond donors (Lipinski definition) is 2. The molecule has 3 aromatic rings. The van der Waals surface area contributed by atoms with E-state index >= 15 is 0 Å². The molecule has 4 rings (SSSR count). The normalized spacial score (nSPS) is 17.2. The molecule has 0 radical (unpaired) electrons. The number of amides is 5. The lowest BCUT2D eigenvalue weighted by molar-refractivity contribution is -0.139. The maximum absolute atomic E-state index is 13.3. The third kappa shape index (κ3) is 4.83. The summed E-state index contributed by atoms with van der Waals surface area (Å²) in [5, 5.41) is 7.69. The number of hydrogen-bond acceptors (Lipinski definition) is 5. The number of methoxy groups -OCH3 is 1. The van der Waals surface area contributed by atoms with Crippen molar-refractivity contribution in [1.29, 1.82) is 0 Å². The smallest absolute Gasteiger partial charge is 0.325 e. The van der Waals surface area contributed by atoms with Gasteiger partial charge in [0, 0.05) is 12.1 Å². The number of carbonyl (C=O) groups is 4. The van der Waals surface area contributed by atoms with Gasteiger partial charge in [-0.15, -0.1) is 0 Å². The Morgan fingerprint density at radius 2 is 1.81 bits per heavy atom. The average Bonchev–Trinajstić information content (AvgIpc) is 3.07. The lowest BCUT2D eigenvalue weighted by Gasteiger charge is -2.23. The predicted molar refractivity (Wildman–Crippen MR) is 136 cm³/mol. The van der Waals surface area contributed by atoms with Gasteiger partial charge in [0.15, 0.2) is 0 Å². The first kappa shape index (κ1) is 25.0. The Morgan fingerprint density at radius 3 is 2.53 bits per heavy atom. The zero-order valence-electron chi connectivity index (χ0n) is 20.0. The van der Waals surface area contributed by atoms with Gasteiger partial charge in [0.05, 0.1) is 19.3 Å². The van der Waals surface area contributed by atoms with Gasteiger partial charge in [-0.1, -0.05) is 48.0 Å². The van der Waals surface area contributed by atoms with Crippen molar-refractivity contribution < 1.29 is 23.9 Å². The largest absolute Gasteiger partial charge is 0.495 e. The molecule has 1 aliphatic rings. The Bertz CT molecular complexity index is 1380. The van der Waals surface area contributed by atoms with Crippen LogP contribution in [-0.2, 0) is 19.9 Å². The van der Waals surface area contributed by atoms with E-state index in [-0.39, 0.29) is 6.54 Å². The monoisotopic (exact) mass is 508 g/mol. The van der Waals surface area contributed by atoms with Crippen LogP contribution in [0.5, 0.6) is 5.75 Å². The fraction of sp³-hybridized carbons (Fsp3) is 0.231. The van der Waals surface area contributed by atoms with E-state index in [2.05, 4.69) is 10.6 Å². The van der Waals surface area contributed by atoms with Crippen molar-refractivity contribution in [2.24, 2.45) is 0 Å². The van der Waals surface area contributed by atoms with Gasteiger partial charge < -0.3 is 20.3 Å². The number of urea groups is 1. The second-order valence-corrected chi connectivity index (χ2v) is 9.09. The average molecular weight is 509 g/mol. The maximum Gasteiger partial charge on any atom is 0.325 e. The van der Waals surface area contributed by atoms with Crippen molar-refractivity contribution in [1.82, 2.24) is 15.1 Å². The highest BCUT2D eigenvalue weighted by Gasteiger charge is 2.49. The number of fused-ring (bicyclic) bond motifs is 1. The molecule has 1 aliphatic heterocycles. The molecule has 0 unspecified atom stereocenters. The summed E-state index contributed by atoms with van der Waals surface area (Å²) in [5.41, 5.74) is -0.352. The molecular weight excluding hydrogens is 484 g/mol. The minimum Gasteiger partial charge on any atom is -0.495 e. The van der Waals surface area contributed by atoms with Gasteiger partial charge in [0.25, 0.3) is 5.91 Å². The van der Waals surface area contributed by atoms with Crippen LogP contribution in [0, 0.1) is 0 Å². The number of anilines is 1. The fourth-order valence-electron chi connectivity index (χ4n) is 4.06. The van der Waals surface area contributed by atoms with Crippen LogP contribution in [0.3, 0.4) is 0 Å². The summed E-state index contributed by atoms with van der Waals surface area (Å²) in [7, 11) is 2.87. The molecule has 5 amide bonds. The number of imide groups is 1. The maximum atomic E-state index is 13.3. The highest BCUT2D eigenvalue weighted by atomic mass is 35.5. The fourth-order valence-corrected chi connectivity index (χ4v) is 4.24. The number of rotatable bonds is 7. The van der Waals surface area contributed by atoms with Crippen LogP contribution in [0.2, 0.25) is 5.02 Å².